The molecule has 0 radical (unpaired) electrons. The highest BCUT2D eigenvalue weighted by molar-refractivity contribution is 9.10. The zero-order valence-corrected chi connectivity index (χ0v) is 12.4. The summed E-state index contributed by atoms with van der Waals surface area (Å²) >= 11 is 3.29. The van der Waals surface area contributed by atoms with Gasteiger partial charge in [-0.15, -0.1) is 0 Å². The van der Waals surface area contributed by atoms with Gasteiger partial charge in [-0.25, -0.2) is 4.79 Å². The number of carboxylic acid groups (broad SMARTS) is 1. The Morgan fingerprint density at radius 3 is 2.37 bits per heavy atom. The van der Waals surface area contributed by atoms with Crippen molar-refractivity contribution in [1.82, 2.24) is 0 Å². The summed E-state index contributed by atoms with van der Waals surface area (Å²) in [5.41, 5.74) is 0.971. The minimum Gasteiger partial charge on any atom is -0.478 e. The SMILES string of the molecule is COC1CN(c2ccc(Br)cc2C(=O)O)CC1OC. The number of methoxy groups -OCH3 is 2. The van der Waals surface area contributed by atoms with Gasteiger partial charge >= 0.3 is 5.97 Å². The van der Waals surface area contributed by atoms with E-state index in [-0.39, 0.29) is 17.8 Å². The molecule has 1 heterocycles. The molecule has 6 heteroatoms. The van der Waals surface area contributed by atoms with Crippen LogP contribution < -0.4 is 4.90 Å². The Kier molecular flexibility index (Phi) is 4.44. The van der Waals surface area contributed by atoms with Gasteiger partial charge in [0.15, 0.2) is 0 Å². The van der Waals surface area contributed by atoms with Crippen molar-refractivity contribution in [1.29, 1.82) is 0 Å². The summed E-state index contributed by atoms with van der Waals surface area (Å²) in [6.07, 6.45) is -0.0921. The Morgan fingerprint density at radius 1 is 1.32 bits per heavy atom. The average molecular weight is 330 g/mol. The van der Waals surface area contributed by atoms with Crippen LogP contribution in [0.2, 0.25) is 0 Å². The number of hydrogen-bond donors (Lipinski definition) is 1. The van der Waals surface area contributed by atoms with Gasteiger partial charge in [-0.1, -0.05) is 15.9 Å². The normalized spacial score (nSPS) is 22.8. The highest BCUT2D eigenvalue weighted by Gasteiger charge is 2.34. The summed E-state index contributed by atoms with van der Waals surface area (Å²) in [6, 6.07) is 5.25. The number of carbonyl (C=O) groups is 1. The summed E-state index contributed by atoms with van der Waals surface area (Å²) < 4.78 is 11.5. The van der Waals surface area contributed by atoms with Gasteiger partial charge in [0.1, 0.15) is 12.2 Å². The van der Waals surface area contributed by atoms with Gasteiger partial charge in [0.25, 0.3) is 0 Å². The number of halogens is 1. The van der Waals surface area contributed by atoms with Crippen LogP contribution in [-0.2, 0) is 9.47 Å². The second-order valence-electron chi connectivity index (χ2n) is 4.42. The van der Waals surface area contributed by atoms with Crippen LogP contribution in [0.25, 0.3) is 0 Å². The number of anilines is 1. The molecule has 0 saturated carbocycles. The largest absolute Gasteiger partial charge is 0.478 e. The lowest BCUT2D eigenvalue weighted by Gasteiger charge is -2.20. The third kappa shape index (κ3) is 2.91. The highest BCUT2D eigenvalue weighted by atomic mass is 79.9. The Labute approximate surface area is 120 Å². The van der Waals surface area contributed by atoms with Gasteiger partial charge in [0.2, 0.25) is 0 Å². The third-order valence-corrected chi connectivity index (χ3v) is 3.84. The molecule has 1 aromatic carbocycles. The molecule has 1 aliphatic heterocycles. The lowest BCUT2D eigenvalue weighted by Crippen LogP contribution is -2.27. The molecule has 5 nitrogen and oxygen atoms in total. The van der Waals surface area contributed by atoms with Crippen molar-refractivity contribution >= 4 is 27.6 Å². The summed E-state index contributed by atoms with van der Waals surface area (Å²) in [5, 5.41) is 9.29. The van der Waals surface area contributed by atoms with Crippen molar-refractivity contribution in [3.8, 4) is 0 Å². The zero-order chi connectivity index (χ0) is 14.0. The molecular weight excluding hydrogens is 314 g/mol. The number of nitrogens with zero attached hydrogens (tertiary/aromatic N) is 1. The Bertz CT molecular complexity index is 468. The topological polar surface area (TPSA) is 59.0 Å². The molecule has 1 aromatic rings. The van der Waals surface area contributed by atoms with Crippen LogP contribution in [0.3, 0.4) is 0 Å². The number of carboxylic acids is 1. The fourth-order valence-electron chi connectivity index (χ4n) is 2.35. The maximum Gasteiger partial charge on any atom is 0.337 e. The van der Waals surface area contributed by atoms with Gasteiger partial charge in [0, 0.05) is 31.8 Å². The predicted octanol–water partition coefficient (Wildman–Crippen LogP) is 2.00. The molecule has 0 bridgehead atoms. The Morgan fingerprint density at radius 2 is 1.89 bits per heavy atom. The van der Waals surface area contributed by atoms with E-state index in [2.05, 4.69) is 15.9 Å². The standard InChI is InChI=1S/C13H16BrNO4/c1-18-11-6-15(7-12(11)19-2)10-4-3-8(14)5-9(10)13(16)17/h3-5,11-12H,6-7H2,1-2H3,(H,16,17). The molecule has 2 unspecified atom stereocenters. The van der Waals surface area contributed by atoms with E-state index in [1.807, 2.05) is 11.0 Å². The first-order valence-corrected chi connectivity index (χ1v) is 6.69. The third-order valence-electron chi connectivity index (χ3n) is 3.35. The molecule has 1 aliphatic rings. The fourth-order valence-corrected chi connectivity index (χ4v) is 2.71. The van der Waals surface area contributed by atoms with Crippen molar-refractivity contribution in [2.45, 2.75) is 12.2 Å². The van der Waals surface area contributed by atoms with Gasteiger partial charge in [-0.05, 0) is 18.2 Å². The van der Waals surface area contributed by atoms with E-state index < -0.39 is 5.97 Å². The highest BCUT2D eigenvalue weighted by Crippen LogP contribution is 2.29. The first kappa shape index (κ1) is 14.3. The molecule has 0 amide bonds. The molecule has 2 rings (SSSR count). The van der Waals surface area contributed by atoms with E-state index in [0.717, 1.165) is 4.47 Å². The van der Waals surface area contributed by atoms with Crippen LogP contribution in [-0.4, -0.2) is 50.6 Å². The fraction of sp³-hybridized carbons (Fsp3) is 0.462. The second-order valence-corrected chi connectivity index (χ2v) is 5.34. The lowest BCUT2D eigenvalue weighted by atomic mass is 10.1. The van der Waals surface area contributed by atoms with Crippen molar-refractivity contribution in [2.24, 2.45) is 0 Å². The quantitative estimate of drug-likeness (QED) is 0.915. The molecule has 0 spiro atoms. The molecule has 1 saturated heterocycles. The zero-order valence-electron chi connectivity index (χ0n) is 10.8. The maximum absolute atomic E-state index is 11.3. The molecule has 1 fully saturated rings. The van der Waals surface area contributed by atoms with Crippen molar-refractivity contribution in [3.63, 3.8) is 0 Å². The molecule has 0 aromatic heterocycles. The van der Waals surface area contributed by atoms with Gasteiger partial charge in [-0.3, -0.25) is 0 Å². The molecule has 19 heavy (non-hydrogen) atoms. The number of aromatic carboxylic acids is 1. The predicted molar refractivity (Wildman–Crippen MR) is 74.9 cm³/mol. The van der Waals surface area contributed by atoms with E-state index in [1.165, 1.54) is 0 Å². The molecule has 0 aliphatic carbocycles. The van der Waals surface area contributed by atoms with Crippen molar-refractivity contribution < 1.29 is 19.4 Å². The molecular formula is C13H16BrNO4. The van der Waals surface area contributed by atoms with Gasteiger partial charge in [0.05, 0.1) is 11.3 Å². The first-order valence-electron chi connectivity index (χ1n) is 5.90. The van der Waals surface area contributed by atoms with Gasteiger partial charge in [-0.2, -0.15) is 0 Å². The van der Waals surface area contributed by atoms with E-state index in [0.29, 0.717) is 18.8 Å². The van der Waals surface area contributed by atoms with E-state index in [4.69, 9.17) is 9.47 Å². The van der Waals surface area contributed by atoms with Crippen LogP contribution in [0.1, 0.15) is 10.4 Å². The summed E-state index contributed by atoms with van der Waals surface area (Å²) in [6.45, 7) is 1.24. The molecule has 104 valence electrons. The van der Waals surface area contributed by atoms with Crippen molar-refractivity contribution in [2.75, 3.05) is 32.2 Å². The van der Waals surface area contributed by atoms with Crippen LogP contribution in [0.5, 0.6) is 0 Å². The van der Waals surface area contributed by atoms with Crippen molar-refractivity contribution in [3.05, 3.63) is 28.2 Å². The van der Waals surface area contributed by atoms with E-state index >= 15 is 0 Å². The molecule has 1 N–H and O–H groups in total. The summed E-state index contributed by atoms with van der Waals surface area (Å²) in [4.78, 5) is 13.3. The van der Waals surface area contributed by atoms with Crippen LogP contribution in [0.15, 0.2) is 22.7 Å². The second kappa shape index (κ2) is 5.90. The molecule has 2 atom stereocenters. The lowest BCUT2D eigenvalue weighted by molar-refractivity contribution is -0.00461. The number of benzene rings is 1. The summed E-state index contributed by atoms with van der Waals surface area (Å²) in [7, 11) is 3.28. The number of hydrogen-bond acceptors (Lipinski definition) is 4. The Balaban J connectivity index is 2.30. The first-order chi connectivity index (χ1) is 9.06. The van der Waals surface area contributed by atoms with E-state index in [9.17, 15) is 9.90 Å². The van der Waals surface area contributed by atoms with Crippen LogP contribution >= 0.6 is 15.9 Å². The smallest absolute Gasteiger partial charge is 0.337 e. The minimum absolute atomic E-state index is 0.0460. The number of ether oxygens (including phenoxy) is 2. The minimum atomic E-state index is -0.939. The van der Waals surface area contributed by atoms with Crippen LogP contribution in [0.4, 0.5) is 5.69 Å². The average Bonchev–Trinajstić information content (AvgIpc) is 2.81. The van der Waals surface area contributed by atoms with Gasteiger partial charge < -0.3 is 19.5 Å². The number of rotatable bonds is 4. The maximum atomic E-state index is 11.3. The van der Waals surface area contributed by atoms with Crippen LogP contribution in [0, 0.1) is 0 Å². The Hall–Kier alpha value is -1.11. The summed E-state index contributed by atoms with van der Waals surface area (Å²) in [5.74, 6) is -0.939. The monoisotopic (exact) mass is 329 g/mol. The van der Waals surface area contributed by atoms with E-state index in [1.54, 1.807) is 26.4 Å².